The van der Waals surface area contributed by atoms with Crippen LogP contribution < -0.4 is 16.4 Å². The van der Waals surface area contributed by atoms with E-state index in [1.54, 1.807) is 17.5 Å². The van der Waals surface area contributed by atoms with Crippen molar-refractivity contribution in [2.24, 2.45) is 5.73 Å². The predicted octanol–water partition coefficient (Wildman–Crippen LogP) is -0.717. The van der Waals surface area contributed by atoms with E-state index in [0.29, 0.717) is 4.88 Å². The maximum atomic E-state index is 11.5. The average Bonchev–Trinajstić information content (AvgIpc) is 2.72. The van der Waals surface area contributed by atoms with E-state index in [9.17, 15) is 14.4 Å². The van der Waals surface area contributed by atoms with Crippen LogP contribution in [0.25, 0.3) is 0 Å². The number of hydrogen-bond acceptors (Lipinski definition) is 4. The zero-order chi connectivity index (χ0) is 11.1. The molecule has 1 aromatic heterocycles. The summed E-state index contributed by atoms with van der Waals surface area (Å²) < 4.78 is 0. The third-order valence-corrected chi connectivity index (χ3v) is 3.07. The quantitative estimate of drug-likeness (QED) is 0.511. The number of primary amides is 1. The summed E-state index contributed by atoms with van der Waals surface area (Å²) in [6, 6.07) is 2.36. The van der Waals surface area contributed by atoms with Crippen LogP contribution in [0.2, 0.25) is 0 Å². The normalized spacial score (nSPS) is 24.8. The van der Waals surface area contributed by atoms with Crippen molar-refractivity contribution in [3.8, 4) is 0 Å². The molecule has 1 atom stereocenters. The molecule has 15 heavy (non-hydrogen) atoms. The number of carbonyl (C=O) groups is 3. The van der Waals surface area contributed by atoms with Gasteiger partial charge in [0.05, 0.1) is 0 Å². The van der Waals surface area contributed by atoms with Crippen molar-refractivity contribution in [2.75, 3.05) is 0 Å². The first-order valence-corrected chi connectivity index (χ1v) is 4.87. The van der Waals surface area contributed by atoms with E-state index >= 15 is 0 Å². The lowest BCUT2D eigenvalue weighted by atomic mass is 9.97. The molecule has 4 amide bonds. The van der Waals surface area contributed by atoms with E-state index in [0.717, 1.165) is 11.3 Å². The largest absolute Gasteiger partial charge is 0.367 e. The van der Waals surface area contributed by atoms with Gasteiger partial charge in [-0.15, -0.1) is 11.3 Å². The Hall–Kier alpha value is -1.89. The van der Waals surface area contributed by atoms with Gasteiger partial charge < -0.3 is 11.1 Å². The molecule has 2 heterocycles. The van der Waals surface area contributed by atoms with E-state index in [-0.39, 0.29) is 0 Å². The Balaban J connectivity index is 2.56. The van der Waals surface area contributed by atoms with Gasteiger partial charge in [0.15, 0.2) is 0 Å². The summed E-state index contributed by atoms with van der Waals surface area (Å²) in [4.78, 5) is 34.2. The Labute approximate surface area is 88.4 Å². The Bertz CT molecular complexity index is 442. The molecule has 1 fully saturated rings. The molecular weight excluding hydrogens is 218 g/mol. The molecule has 7 heteroatoms. The number of hydrogen-bond donors (Lipinski definition) is 2. The molecule has 1 saturated heterocycles. The predicted molar refractivity (Wildman–Crippen MR) is 50.9 cm³/mol. The Morgan fingerprint density at radius 1 is 1.53 bits per heavy atom. The molecule has 77 valence electrons. The van der Waals surface area contributed by atoms with Crippen molar-refractivity contribution in [2.45, 2.75) is 5.54 Å². The number of urea groups is 1. The maximum absolute atomic E-state index is 11.5. The fourth-order valence-corrected chi connectivity index (χ4v) is 2.24. The van der Waals surface area contributed by atoms with Crippen LogP contribution in [-0.2, 0) is 15.1 Å². The first-order valence-electron chi connectivity index (χ1n) is 3.99. The van der Waals surface area contributed by atoms with Crippen molar-refractivity contribution in [3.63, 3.8) is 0 Å². The summed E-state index contributed by atoms with van der Waals surface area (Å²) in [7, 11) is 0. The summed E-state index contributed by atoms with van der Waals surface area (Å²) >= 11 is 1.16. The van der Waals surface area contributed by atoms with Crippen molar-refractivity contribution in [1.29, 1.82) is 0 Å². The molecule has 0 spiro atoms. The first-order chi connectivity index (χ1) is 7.07. The van der Waals surface area contributed by atoms with Gasteiger partial charge in [0.2, 0.25) is 5.54 Å². The topological polar surface area (TPSA) is 103 Å². The summed E-state index contributed by atoms with van der Waals surface area (Å²) in [5.41, 5.74) is 3.35. The Morgan fingerprint density at radius 2 is 2.27 bits per heavy atom. The lowest BCUT2D eigenvalue weighted by Gasteiger charge is -2.19. The minimum atomic E-state index is -1.80. The van der Waals surface area contributed by atoms with Crippen LogP contribution in [0.1, 0.15) is 4.88 Å². The van der Waals surface area contributed by atoms with E-state index < -0.39 is 23.4 Å². The number of imide groups is 1. The van der Waals surface area contributed by atoms with Gasteiger partial charge in [-0.25, -0.2) is 4.79 Å². The Morgan fingerprint density at radius 3 is 2.67 bits per heavy atom. The fourth-order valence-electron chi connectivity index (χ4n) is 1.37. The summed E-state index contributed by atoms with van der Waals surface area (Å²) in [6.45, 7) is 0. The first kappa shape index (κ1) is 9.66. The second-order valence-corrected chi connectivity index (χ2v) is 3.89. The minimum Gasteiger partial charge on any atom is -0.367 e. The molecule has 3 N–H and O–H groups in total. The third-order valence-electron chi connectivity index (χ3n) is 2.08. The van der Waals surface area contributed by atoms with Gasteiger partial charge >= 0.3 is 6.03 Å². The monoisotopic (exact) mass is 224 g/mol. The molecule has 6 nitrogen and oxygen atoms in total. The maximum Gasteiger partial charge on any atom is 0.345 e. The van der Waals surface area contributed by atoms with Gasteiger partial charge in [0.25, 0.3) is 11.8 Å². The molecule has 0 aliphatic carbocycles. The standard InChI is InChI=1S/C8H6N3O3S/c9-5(12)8(4-2-1-3-15-4)6(13)10-7(14)11-8/h1-3H,(H2,9,12)(H,11,14). The van der Waals surface area contributed by atoms with Crippen molar-refractivity contribution in [3.05, 3.63) is 22.4 Å². The number of amides is 4. The molecule has 1 aliphatic heterocycles. The zero-order valence-corrected chi connectivity index (χ0v) is 8.21. The average molecular weight is 224 g/mol. The van der Waals surface area contributed by atoms with Gasteiger partial charge in [-0.1, -0.05) is 6.07 Å². The van der Waals surface area contributed by atoms with Crippen molar-refractivity contribution >= 4 is 29.2 Å². The number of nitrogens with one attached hydrogen (secondary N) is 1. The van der Waals surface area contributed by atoms with E-state index in [1.165, 1.54) is 0 Å². The van der Waals surface area contributed by atoms with E-state index in [2.05, 4.69) is 10.6 Å². The van der Waals surface area contributed by atoms with Gasteiger partial charge in [0, 0.05) is 4.88 Å². The third kappa shape index (κ3) is 1.20. The lowest BCUT2D eigenvalue weighted by Crippen LogP contribution is -2.53. The van der Waals surface area contributed by atoms with E-state index in [1.807, 2.05) is 0 Å². The van der Waals surface area contributed by atoms with Crippen LogP contribution in [0.4, 0.5) is 4.79 Å². The lowest BCUT2D eigenvalue weighted by molar-refractivity contribution is -0.134. The molecule has 2 rings (SSSR count). The van der Waals surface area contributed by atoms with Crippen LogP contribution in [0.3, 0.4) is 0 Å². The van der Waals surface area contributed by atoms with Crippen LogP contribution >= 0.6 is 11.3 Å². The van der Waals surface area contributed by atoms with Gasteiger partial charge in [0.1, 0.15) is 0 Å². The number of thiophene rings is 1. The highest BCUT2D eigenvalue weighted by Crippen LogP contribution is 2.29. The van der Waals surface area contributed by atoms with Crippen LogP contribution in [0, 0.1) is 0 Å². The zero-order valence-electron chi connectivity index (χ0n) is 7.39. The summed E-state index contributed by atoms with van der Waals surface area (Å²) in [5.74, 6) is -1.79. The second kappa shape index (κ2) is 3.06. The second-order valence-electron chi connectivity index (χ2n) is 2.94. The number of rotatable bonds is 2. The smallest absolute Gasteiger partial charge is 0.345 e. The van der Waals surface area contributed by atoms with Crippen LogP contribution in [-0.4, -0.2) is 17.8 Å². The van der Waals surface area contributed by atoms with Gasteiger partial charge in [-0.05, 0) is 11.4 Å². The molecular formula is C8H6N3O3S. The van der Waals surface area contributed by atoms with Crippen molar-refractivity contribution < 1.29 is 14.4 Å². The SMILES string of the molecule is NC(=O)C1(c2cccs2)NC(=O)[N]C1=O. The summed E-state index contributed by atoms with van der Waals surface area (Å²) in [5, 5.41) is 7.01. The van der Waals surface area contributed by atoms with Gasteiger partial charge in [-0.3, -0.25) is 9.59 Å². The highest BCUT2D eigenvalue weighted by Gasteiger charge is 2.55. The fraction of sp³-hybridized carbons (Fsp3) is 0.125. The summed E-state index contributed by atoms with van der Waals surface area (Å²) in [6.07, 6.45) is 0. The molecule has 0 bridgehead atoms. The number of nitrogens with two attached hydrogens (primary N) is 1. The molecule has 0 aromatic carbocycles. The van der Waals surface area contributed by atoms with Crippen molar-refractivity contribution in [1.82, 2.24) is 10.6 Å². The van der Waals surface area contributed by atoms with Crippen LogP contribution in [0.15, 0.2) is 17.5 Å². The molecule has 0 saturated carbocycles. The number of nitrogens with zero attached hydrogens (tertiary/aromatic N) is 1. The Kier molecular flexibility index (Phi) is 1.97. The minimum absolute atomic E-state index is 0.370. The highest BCUT2D eigenvalue weighted by atomic mass is 32.1. The van der Waals surface area contributed by atoms with Crippen LogP contribution in [0.5, 0.6) is 0 Å². The molecule has 1 aliphatic rings. The molecule has 1 unspecified atom stereocenters. The van der Waals surface area contributed by atoms with E-state index in [4.69, 9.17) is 5.73 Å². The van der Waals surface area contributed by atoms with Gasteiger partial charge in [-0.2, -0.15) is 5.32 Å². The molecule has 1 radical (unpaired) electrons. The molecule has 1 aromatic rings. The highest BCUT2D eigenvalue weighted by molar-refractivity contribution is 7.10. The number of carbonyl (C=O) groups excluding carboxylic acids is 3.